The average Bonchev–Trinajstić information content (AvgIpc) is 2.40. The molecular formula is C15H22NP. The van der Waals surface area contributed by atoms with Crippen LogP contribution in [0.1, 0.15) is 18.9 Å². The van der Waals surface area contributed by atoms with Gasteiger partial charge >= 0.3 is 0 Å². The molecule has 1 atom stereocenters. The average molecular weight is 247 g/mol. The van der Waals surface area contributed by atoms with E-state index in [1.165, 1.54) is 24.7 Å². The summed E-state index contributed by atoms with van der Waals surface area (Å²) in [7, 11) is 0.160. The third kappa shape index (κ3) is 3.66. The number of benzene rings is 1. The van der Waals surface area contributed by atoms with Crippen LogP contribution in [0, 0.1) is 0 Å². The van der Waals surface area contributed by atoms with E-state index in [9.17, 15) is 0 Å². The molecule has 1 aliphatic rings. The first kappa shape index (κ1) is 12.8. The fourth-order valence-corrected chi connectivity index (χ4v) is 3.52. The van der Waals surface area contributed by atoms with Crippen molar-refractivity contribution < 1.29 is 0 Å². The molecule has 1 nitrogen and oxygen atoms in total. The minimum atomic E-state index is 0.160. The Bertz CT molecular complexity index is 372. The standard InChI is InChI=1S/C15H22NP/c1-3-17(2)15-9-11-16(12-10-15)13-14-7-5-4-6-8-14/h4-9H,3,10-13H2,1-2H3. The molecule has 2 rings (SSSR count). The lowest BCUT2D eigenvalue weighted by atomic mass is 10.2. The molecule has 1 aliphatic heterocycles. The van der Waals surface area contributed by atoms with E-state index in [1.807, 2.05) is 0 Å². The van der Waals surface area contributed by atoms with Crippen molar-refractivity contribution in [2.45, 2.75) is 19.9 Å². The van der Waals surface area contributed by atoms with Gasteiger partial charge in [-0.05, 0) is 30.1 Å². The summed E-state index contributed by atoms with van der Waals surface area (Å²) in [6, 6.07) is 10.8. The van der Waals surface area contributed by atoms with Gasteiger partial charge in [-0.3, -0.25) is 4.90 Å². The molecule has 2 heteroatoms. The van der Waals surface area contributed by atoms with Gasteiger partial charge in [-0.25, -0.2) is 0 Å². The van der Waals surface area contributed by atoms with Crippen LogP contribution in [0.3, 0.4) is 0 Å². The van der Waals surface area contributed by atoms with Crippen LogP contribution in [0.4, 0.5) is 0 Å². The van der Waals surface area contributed by atoms with Crippen molar-refractivity contribution in [1.29, 1.82) is 0 Å². The minimum absolute atomic E-state index is 0.160. The highest BCUT2D eigenvalue weighted by Crippen LogP contribution is 2.43. The maximum Gasteiger partial charge on any atom is 0.0237 e. The fourth-order valence-electron chi connectivity index (χ4n) is 2.24. The topological polar surface area (TPSA) is 3.24 Å². The molecule has 0 fully saturated rings. The van der Waals surface area contributed by atoms with E-state index in [0.717, 1.165) is 13.1 Å². The normalized spacial score (nSPS) is 18.8. The summed E-state index contributed by atoms with van der Waals surface area (Å²) in [4.78, 5) is 2.54. The van der Waals surface area contributed by atoms with Crippen LogP contribution < -0.4 is 0 Å². The van der Waals surface area contributed by atoms with Crippen molar-refractivity contribution >= 4 is 7.92 Å². The zero-order valence-corrected chi connectivity index (χ0v) is 11.8. The van der Waals surface area contributed by atoms with Gasteiger partial charge in [-0.1, -0.05) is 51.3 Å². The highest BCUT2D eigenvalue weighted by Gasteiger charge is 2.14. The molecule has 0 radical (unpaired) electrons. The van der Waals surface area contributed by atoms with Gasteiger partial charge in [0.1, 0.15) is 0 Å². The Kier molecular flexibility index (Phi) is 4.76. The van der Waals surface area contributed by atoms with Crippen molar-refractivity contribution in [3.63, 3.8) is 0 Å². The van der Waals surface area contributed by atoms with E-state index in [1.54, 1.807) is 5.31 Å². The SMILES string of the molecule is CCP(C)C1=CCN(Cc2ccccc2)CC1. The maximum absolute atomic E-state index is 2.54. The highest BCUT2D eigenvalue weighted by atomic mass is 31.1. The van der Waals surface area contributed by atoms with Crippen molar-refractivity contribution in [3.05, 3.63) is 47.3 Å². The monoisotopic (exact) mass is 247 g/mol. The van der Waals surface area contributed by atoms with Crippen molar-refractivity contribution in [1.82, 2.24) is 4.90 Å². The van der Waals surface area contributed by atoms with Gasteiger partial charge in [0.25, 0.3) is 0 Å². The molecular weight excluding hydrogens is 225 g/mol. The number of hydrogen-bond donors (Lipinski definition) is 0. The predicted molar refractivity (Wildman–Crippen MR) is 77.8 cm³/mol. The molecule has 1 heterocycles. The quantitative estimate of drug-likeness (QED) is 0.729. The van der Waals surface area contributed by atoms with Crippen LogP contribution >= 0.6 is 7.92 Å². The Morgan fingerprint density at radius 3 is 2.59 bits per heavy atom. The molecule has 0 spiro atoms. The second kappa shape index (κ2) is 6.33. The number of nitrogens with zero attached hydrogens (tertiary/aromatic N) is 1. The van der Waals surface area contributed by atoms with Crippen LogP contribution in [-0.2, 0) is 6.54 Å². The summed E-state index contributed by atoms with van der Waals surface area (Å²) >= 11 is 0. The number of hydrogen-bond acceptors (Lipinski definition) is 1. The van der Waals surface area contributed by atoms with E-state index >= 15 is 0 Å². The lowest BCUT2D eigenvalue weighted by Gasteiger charge is -2.28. The highest BCUT2D eigenvalue weighted by molar-refractivity contribution is 7.61. The largest absolute Gasteiger partial charge is 0.295 e. The van der Waals surface area contributed by atoms with Crippen molar-refractivity contribution in [2.24, 2.45) is 0 Å². The summed E-state index contributed by atoms with van der Waals surface area (Å²) in [5, 5.41) is 1.73. The van der Waals surface area contributed by atoms with Crippen LogP contribution in [0.5, 0.6) is 0 Å². The Morgan fingerprint density at radius 1 is 1.24 bits per heavy atom. The van der Waals surface area contributed by atoms with E-state index in [0.29, 0.717) is 0 Å². The van der Waals surface area contributed by atoms with Crippen molar-refractivity contribution in [3.8, 4) is 0 Å². The maximum atomic E-state index is 2.54. The van der Waals surface area contributed by atoms with Gasteiger partial charge in [-0.2, -0.15) is 0 Å². The summed E-state index contributed by atoms with van der Waals surface area (Å²) in [5.41, 5.74) is 1.43. The van der Waals surface area contributed by atoms with Gasteiger partial charge in [0.2, 0.25) is 0 Å². The minimum Gasteiger partial charge on any atom is -0.295 e. The van der Waals surface area contributed by atoms with Gasteiger partial charge < -0.3 is 0 Å². The van der Waals surface area contributed by atoms with E-state index in [-0.39, 0.29) is 7.92 Å². The van der Waals surface area contributed by atoms with Crippen LogP contribution in [0.15, 0.2) is 41.7 Å². The summed E-state index contributed by atoms with van der Waals surface area (Å²) in [5.74, 6) is 0. The molecule has 17 heavy (non-hydrogen) atoms. The Balaban J connectivity index is 1.89. The summed E-state index contributed by atoms with van der Waals surface area (Å²) < 4.78 is 0. The molecule has 0 aliphatic carbocycles. The molecule has 1 aromatic carbocycles. The van der Waals surface area contributed by atoms with Crippen LogP contribution in [-0.4, -0.2) is 30.8 Å². The number of rotatable bonds is 4. The van der Waals surface area contributed by atoms with E-state index in [2.05, 4.69) is 54.9 Å². The molecule has 1 unspecified atom stereocenters. The zero-order valence-electron chi connectivity index (χ0n) is 10.9. The molecule has 1 aromatic rings. The molecule has 0 saturated heterocycles. The molecule has 0 saturated carbocycles. The Labute approximate surface area is 106 Å². The summed E-state index contributed by atoms with van der Waals surface area (Å²) in [6.07, 6.45) is 5.09. The van der Waals surface area contributed by atoms with Crippen LogP contribution in [0.25, 0.3) is 0 Å². The third-order valence-corrected chi connectivity index (χ3v) is 5.82. The first-order valence-corrected chi connectivity index (χ1v) is 8.43. The predicted octanol–water partition coefficient (Wildman–Crippen LogP) is 3.91. The lowest BCUT2D eigenvalue weighted by Crippen LogP contribution is -2.28. The smallest absolute Gasteiger partial charge is 0.0237 e. The molecule has 0 bridgehead atoms. The molecule has 0 aromatic heterocycles. The molecule has 92 valence electrons. The van der Waals surface area contributed by atoms with Gasteiger partial charge in [0.05, 0.1) is 0 Å². The second-order valence-corrected chi connectivity index (χ2v) is 7.28. The Morgan fingerprint density at radius 2 is 2.00 bits per heavy atom. The molecule has 0 amide bonds. The second-order valence-electron chi connectivity index (χ2n) is 4.68. The van der Waals surface area contributed by atoms with Crippen LogP contribution in [0.2, 0.25) is 0 Å². The fraction of sp³-hybridized carbons (Fsp3) is 0.467. The third-order valence-electron chi connectivity index (χ3n) is 3.48. The van der Waals surface area contributed by atoms with E-state index < -0.39 is 0 Å². The Hall–Kier alpha value is -0.650. The first-order chi connectivity index (χ1) is 8.29. The zero-order chi connectivity index (χ0) is 12.1. The lowest BCUT2D eigenvalue weighted by molar-refractivity contribution is 0.289. The summed E-state index contributed by atoms with van der Waals surface area (Å²) in [6.45, 7) is 8.18. The van der Waals surface area contributed by atoms with Gasteiger partial charge in [-0.15, -0.1) is 0 Å². The van der Waals surface area contributed by atoms with Gasteiger partial charge in [0.15, 0.2) is 0 Å². The first-order valence-electron chi connectivity index (χ1n) is 6.46. The van der Waals surface area contributed by atoms with Crippen molar-refractivity contribution in [2.75, 3.05) is 25.9 Å². The van der Waals surface area contributed by atoms with E-state index in [4.69, 9.17) is 0 Å². The van der Waals surface area contributed by atoms with Gasteiger partial charge in [0, 0.05) is 19.6 Å². The molecule has 0 N–H and O–H groups in total.